The number of halogens is 3. The van der Waals surface area contributed by atoms with E-state index in [1.807, 2.05) is 0 Å². The zero-order valence-corrected chi connectivity index (χ0v) is 19.8. The first-order chi connectivity index (χ1) is 15.6. The zero-order valence-electron chi connectivity index (χ0n) is 19.0. The Morgan fingerprint density at radius 1 is 1.15 bits per heavy atom. The SMILES string of the molecule is Cc1nn(CCN)c(C)c1S(=O)(=O)c1ccc(N2C(=O)CC(C)(C)C2=O)cc1.O=CC(F)(F)F. The van der Waals surface area contributed by atoms with Crippen molar-refractivity contribution < 1.29 is 36.0 Å². The molecule has 1 aromatic carbocycles. The summed E-state index contributed by atoms with van der Waals surface area (Å²) in [6, 6.07) is 5.80. The molecule has 0 saturated carbocycles. The Morgan fingerprint density at radius 3 is 2.09 bits per heavy atom. The van der Waals surface area contributed by atoms with Gasteiger partial charge in [-0.25, -0.2) is 8.42 Å². The van der Waals surface area contributed by atoms with Gasteiger partial charge in [0.05, 0.1) is 33.9 Å². The summed E-state index contributed by atoms with van der Waals surface area (Å²) < 4.78 is 59.1. The molecule has 2 N–H and O–H groups in total. The molecule has 0 aliphatic carbocycles. The molecule has 9 nitrogen and oxygen atoms in total. The van der Waals surface area contributed by atoms with Crippen LogP contribution in [0.15, 0.2) is 34.1 Å². The van der Waals surface area contributed by atoms with Gasteiger partial charge in [0, 0.05) is 13.0 Å². The molecule has 1 fully saturated rings. The number of carbonyl (C=O) groups excluding carboxylic acids is 3. The minimum absolute atomic E-state index is 0.0769. The first-order valence-electron chi connectivity index (χ1n) is 10.1. The van der Waals surface area contributed by atoms with E-state index in [1.54, 1.807) is 32.4 Å². The van der Waals surface area contributed by atoms with Crippen molar-refractivity contribution in [2.75, 3.05) is 11.4 Å². The van der Waals surface area contributed by atoms with Crippen molar-refractivity contribution in [2.24, 2.45) is 11.1 Å². The van der Waals surface area contributed by atoms with Crippen molar-refractivity contribution in [3.05, 3.63) is 35.7 Å². The molecule has 1 aliphatic heterocycles. The van der Waals surface area contributed by atoms with E-state index in [1.165, 1.54) is 24.3 Å². The summed E-state index contributed by atoms with van der Waals surface area (Å²) in [5.74, 6) is -0.580. The van der Waals surface area contributed by atoms with Crippen LogP contribution in [0, 0.1) is 19.3 Å². The third kappa shape index (κ3) is 5.53. The maximum Gasteiger partial charge on any atom is 0.446 e. The molecular weight excluding hydrogens is 477 g/mol. The first-order valence-corrected chi connectivity index (χ1v) is 11.5. The molecule has 2 amide bonds. The van der Waals surface area contributed by atoms with Gasteiger partial charge in [-0.2, -0.15) is 18.3 Å². The molecule has 2 heterocycles. The lowest BCUT2D eigenvalue weighted by Crippen LogP contribution is -2.32. The number of rotatable bonds is 5. The number of amides is 2. The molecule has 0 unspecified atom stereocenters. The van der Waals surface area contributed by atoms with E-state index in [9.17, 15) is 31.2 Å². The summed E-state index contributed by atoms with van der Waals surface area (Å²) in [6.45, 7) is 7.55. The van der Waals surface area contributed by atoms with Crippen LogP contribution < -0.4 is 10.6 Å². The number of alkyl halides is 3. The van der Waals surface area contributed by atoms with Gasteiger partial charge in [-0.15, -0.1) is 0 Å². The van der Waals surface area contributed by atoms with Gasteiger partial charge in [-0.05, 0) is 38.1 Å². The fraction of sp³-hybridized carbons (Fsp3) is 0.429. The van der Waals surface area contributed by atoms with E-state index in [0.717, 1.165) is 4.90 Å². The summed E-state index contributed by atoms with van der Waals surface area (Å²) in [5.41, 5.74) is 6.10. The summed E-state index contributed by atoms with van der Waals surface area (Å²) in [5, 5.41) is 4.27. The van der Waals surface area contributed by atoms with Crippen molar-refractivity contribution >= 4 is 33.6 Å². The molecule has 0 bridgehead atoms. The number of hydrogen-bond acceptors (Lipinski definition) is 7. The Bertz CT molecular complexity index is 1200. The first kappa shape index (κ1) is 27.2. The Balaban J connectivity index is 0.000000604. The van der Waals surface area contributed by atoms with Crippen LogP contribution in [0.1, 0.15) is 31.7 Å². The lowest BCUT2D eigenvalue weighted by Gasteiger charge is -2.18. The maximum absolute atomic E-state index is 13.1. The van der Waals surface area contributed by atoms with E-state index >= 15 is 0 Å². The fourth-order valence-corrected chi connectivity index (χ4v) is 5.17. The maximum atomic E-state index is 13.1. The van der Waals surface area contributed by atoms with Crippen molar-refractivity contribution in [2.45, 2.75) is 56.6 Å². The van der Waals surface area contributed by atoms with Gasteiger partial charge in [0.2, 0.25) is 27.9 Å². The number of imide groups is 1. The Hall–Kier alpha value is -3.06. The number of aldehydes is 1. The summed E-state index contributed by atoms with van der Waals surface area (Å²) in [6.07, 6.45) is -5.57. The number of aryl methyl sites for hydroxylation is 1. The quantitative estimate of drug-likeness (QED) is 0.490. The van der Waals surface area contributed by atoms with Crippen LogP contribution in [0.25, 0.3) is 0 Å². The van der Waals surface area contributed by atoms with Crippen LogP contribution in [-0.2, 0) is 30.8 Å². The molecule has 0 radical (unpaired) electrons. The lowest BCUT2D eigenvalue weighted by molar-refractivity contribution is -0.156. The predicted octanol–water partition coefficient (Wildman–Crippen LogP) is 2.33. The Morgan fingerprint density at radius 2 is 1.68 bits per heavy atom. The molecule has 0 spiro atoms. The number of nitrogens with two attached hydrogens (primary N) is 1. The Kier molecular flexibility index (Phi) is 7.73. The van der Waals surface area contributed by atoms with Gasteiger partial charge < -0.3 is 5.73 Å². The van der Waals surface area contributed by atoms with Crippen LogP contribution in [0.4, 0.5) is 18.9 Å². The number of carbonyl (C=O) groups is 3. The average molecular weight is 503 g/mol. The van der Waals surface area contributed by atoms with Gasteiger partial charge in [0.15, 0.2) is 0 Å². The highest BCUT2D eigenvalue weighted by molar-refractivity contribution is 7.91. The van der Waals surface area contributed by atoms with Crippen LogP contribution in [0.5, 0.6) is 0 Å². The molecule has 1 aliphatic rings. The largest absolute Gasteiger partial charge is 0.446 e. The molecular formula is C21H25F3N4O5S. The minimum atomic E-state index is -4.64. The van der Waals surface area contributed by atoms with Gasteiger partial charge in [-0.1, -0.05) is 13.8 Å². The highest BCUT2D eigenvalue weighted by atomic mass is 32.2. The molecule has 13 heteroatoms. The van der Waals surface area contributed by atoms with Gasteiger partial charge >= 0.3 is 6.18 Å². The van der Waals surface area contributed by atoms with E-state index in [2.05, 4.69) is 5.10 Å². The number of sulfone groups is 1. The average Bonchev–Trinajstić information content (AvgIpc) is 3.12. The molecule has 1 aromatic heterocycles. The van der Waals surface area contributed by atoms with Crippen molar-refractivity contribution in [1.82, 2.24) is 9.78 Å². The third-order valence-electron chi connectivity index (χ3n) is 5.09. The highest BCUT2D eigenvalue weighted by Crippen LogP contribution is 2.36. The van der Waals surface area contributed by atoms with Crippen LogP contribution in [-0.4, -0.2) is 49.0 Å². The Labute approximate surface area is 194 Å². The van der Waals surface area contributed by atoms with E-state index in [4.69, 9.17) is 10.5 Å². The van der Waals surface area contributed by atoms with E-state index in [0.29, 0.717) is 30.2 Å². The van der Waals surface area contributed by atoms with Crippen LogP contribution in [0.2, 0.25) is 0 Å². The minimum Gasteiger partial charge on any atom is -0.329 e. The molecule has 1 saturated heterocycles. The number of hydrogen-bond donors (Lipinski definition) is 1. The van der Waals surface area contributed by atoms with E-state index in [-0.39, 0.29) is 28.0 Å². The zero-order chi connectivity index (χ0) is 26.1. The molecule has 0 atom stereocenters. The standard InChI is InChI=1S/C19H24N4O4S.C2HF3O/c1-12-17(13(2)22(21-12)10-9-20)28(26,27)15-7-5-14(6-8-15)23-16(24)11-19(3,4)18(23)25;3-2(4,5)1-6/h5-8H,9-11,20H2,1-4H3;1H. The number of benzene rings is 1. The predicted molar refractivity (Wildman–Crippen MR) is 116 cm³/mol. The third-order valence-corrected chi connectivity index (χ3v) is 7.11. The van der Waals surface area contributed by atoms with Crippen molar-refractivity contribution in [1.29, 1.82) is 0 Å². The second-order valence-electron chi connectivity index (χ2n) is 8.26. The molecule has 34 heavy (non-hydrogen) atoms. The molecule has 3 rings (SSSR count). The lowest BCUT2D eigenvalue weighted by atomic mass is 9.92. The van der Waals surface area contributed by atoms with Gasteiger partial charge in [-0.3, -0.25) is 24.0 Å². The monoisotopic (exact) mass is 502 g/mol. The number of nitrogens with zero attached hydrogens (tertiary/aromatic N) is 3. The molecule has 2 aromatic rings. The molecule has 186 valence electrons. The summed E-state index contributed by atoms with van der Waals surface area (Å²) in [4.78, 5) is 34.7. The van der Waals surface area contributed by atoms with Gasteiger partial charge in [0.1, 0.15) is 4.90 Å². The van der Waals surface area contributed by atoms with Gasteiger partial charge in [0.25, 0.3) is 0 Å². The van der Waals surface area contributed by atoms with Crippen LogP contribution >= 0.6 is 0 Å². The summed E-state index contributed by atoms with van der Waals surface area (Å²) >= 11 is 0. The second-order valence-corrected chi connectivity index (χ2v) is 10.2. The number of anilines is 1. The fourth-order valence-electron chi connectivity index (χ4n) is 3.51. The second kappa shape index (κ2) is 9.66. The number of aromatic nitrogens is 2. The van der Waals surface area contributed by atoms with Crippen molar-refractivity contribution in [3.8, 4) is 0 Å². The topological polar surface area (TPSA) is 132 Å². The van der Waals surface area contributed by atoms with Crippen LogP contribution in [0.3, 0.4) is 0 Å². The van der Waals surface area contributed by atoms with Crippen molar-refractivity contribution in [3.63, 3.8) is 0 Å². The normalized spacial score (nSPS) is 15.8. The smallest absolute Gasteiger partial charge is 0.329 e. The summed E-state index contributed by atoms with van der Waals surface area (Å²) in [7, 11) is -3.80. The highest BCUT2D eigenvalue weighted by Gasteiger charge is 2.45. The van der Waals surface area contributed by atoms with E-state index < -0.39 is 27.7 Å².